The van der Waals surface area contributed by atoms with Crippen molar-refractivity contribution in [2.45, 2.75) is 31.5 Å². The fraction of sp³-hybridized carbons (Fsp3) is 0.345. The van der Waals surface area contributed by atoms with Crippen LogP contribution in [-0.2, 0) is 20.9 Å². The molecular weight excluding hydrogens is 544 g/mol. The summed E-state index contributed by atoms with van der Waals surface area (Å²) in [5.74, 6) is 1.56. The molecule has 6 rings (SSSR count). The van der Waals surface area contributed by atoms with Gasteiger partial charge in [-0.1, -0.05) is 24.3 Å². The van der Waals surface area contributed by atoms with Crippen LogP contribution < -0.4 is 30.3 Å². The Balaban J connectivity index is 0.00000113. The molecule has 5 heterocycles. The van der Waals surface area contributed by atoms with Gasteiger partial charge in [0.1, 0.15) is 18.5 Å². The smallest absolute Gasteiger partial charge is 0.415 e. The largest absolute Gasteiger partial charge is 0.483 e. The third kappa shape index (κ3) is 7.30. The fourth-order valence-electron chi connectivity index (χ4n) is 4.63. The number of nitrogens with one attached hydrogen (secondary N) is 3. The number of carbonyl (C=O) groups excluding carboxylic acids is 2. The number of carbonyl (C=O) groups is 3. The van der Waals surface area contributed by atoms with Gasteiger partial charge in [0.2, 0.25) is 5.88 Å². The summed E-state index contributed by atoms with van der Waals surface area (Å²) in [5.41, 5.74) is 3.03. The first-order chi connectivity index (χ1) is 20.5. The predicted molar refractivity (Wildman–Crippen MR) is 153 cm³/mol. The molecule has 2 saturated heterocycles. The van der Waals surface area contributed by atoms with Gasteiger partial charge in [0, 0.05) is 24.2 Å². The molecule has 0 unspecified atom stereocenters. The molecule has 4 N–H and O–H groups in total. The highest BCUT2D eigenvalue weighted by Gasteiger charge is 2.33. The average molecular weight is 577 g/mol. The number of ether oxygens (including phenoxy) is 3. The molecule has 0 spiro atoms. The number of fused-ring (bicyclic) bond motifs is 1. The van der Waals surface area contributed by atoms with Gasteiger partial charge < -0.3 is 35.3 Å². The molecule has 3 aliphatic heterocycles. The maximum Gasteiger partial charge on any atom is 0.415 e. The van der Waals surface area contributed by atoms with Crippen LogP contribution in [0.3, 0.4) is 0 Å². The molecule has 2 atom stereocenters. The summed E-state index contributed by atoms with van der Waals surface area (Å²) in [7, 11) is 0. The molecule has 13 heteroatoms. The van der Waals surface area contributed by atoms with Crippen LogP contribution in [0.2, 0.25) is 0 Å². The van der Waals surface area contributed by atoms with E-state index in [0.717, 1.165) is 29.8 Å². The molecule has 0 radical (unpaired) electrons. The van der Waals surface area contributed by atoms with Crippen LogP contribution in [0.25, 0.3) is 11.3 Å². The van der Waals surface area contributed by atoms with Crippen molar-refractivity contribution < 1.29 is 33.7 Å². The van der Waals surface area contributed by atoms with Gasteiger partial charge in [0.15, 0.2) is 18.2 Å². The Morgan fingerprint density at radius 2 is 1.98 bits per heavy atom. The highest BCUT2D eigenvalue weighted by atomic mass is 16.6. The number of carboxylic acid groups (broad SMARTS) is 1. The van der Waals surface area contributed by atoms with E-state index in [4.69, 9.17) is 24.1 Å². The van der Waals surface area contributed by atoms with E-state index >= 15 is 0 Å². The first-order valence-electron chi connectivity index (χ1n) is 13.7. The number of cyclic esters (lactones) is 1. The van der Waals surface area contributed by atoms with Crippen molar-refractivity contribution in [3.63, 3.8) is 0 Å². The summed E-state index contributed by atoms with van der Waals surface area (Å²) in [5, 5.41) is 16.3. The zero-order chi connectivity index (χ0) is 29.3. The van der Waals surface area contributed by atoms with Crippen LogP contribution in [0.1, 0.15) is 18.4 Å². The van der Waals surface area contributed by atoms with Crippen molar-refractivity contribution in [3.05, 3.63) is 60.2 Å². The zero-order valence-electron chi connectivity index (χ0n) is 22.8. The van der Waals surface area contributed by atoms with Gasteiger partial charge >= 0.3 is 6.09 Å². The molecule has 2 aromatic heterocycles. The predicted octanol–water partition coefficient (Wildman–Crippen LogP) is 2.42. The van der Waals surface area contributed by atoms with E-state index in [1.54, 1.807) is 12.1 Å². The van der Waals surface area contributed by atoms with Gasteiger partial charge in [-0.05, 0) is 55.8 Å². The zero-order valence-corrected chi connectivity index (χ0v) is 22.8. The van der Waals surface area contributed by atoms with Crippen LogP contribution in [0.4, 0.5) is 16.4 Å². The third-order valence-electron chi connectivity index (χ3n) is 6.89. The maximum absolute atomic E-state index is 12.5. The highest BCUT2D eigenvalue weighted by molar-refractivity contribution is 5.95. The highest BCUT2D eigenvalue weighted by Crippen LogP contribution is 2.30. The standard InChI is InChI=1S/C28H30N6O5.CH2O2/c35-25-17-37-23-7-8-24(32-27(23)33-25)34-15-21(39-28(34)36)10-11-29-14-18-3-1-4-19(13-18)22-5-2-6-26(31-22)38-16-20-9-12-30-20;2-1-3/h1-8,13,20-21,29-30H,9-12,14-17H2,(H,32,33,35);1H,(H,2,3)/t20-,21-;/m0./s1. The topological polar surface area (TPSA) is 164 Å². The lowest BCUT2D eigenvalue weighted by atomic mass is 10.1. The van der Waals surface area contributed by atoms with Crippen molar-refractivity contribution in [2.24, 2.45) is 0 Å². The van der Waals surface area contributed by atoms with Crippen molar-refractivity contribution in [3.8, 4) is 22.9 Å². The molecule has 0 aliphatic carbocycles. The number of amides is 2. The maximum atomic E-state index is 12.5. The molecule has 2 amide bonds. The molecule has 220 valence electrons. The number of pyridine rings is 2. The van der Waals surface area contributed by atoms with Crippen molar-refractivity contribution in [2.75, 3.05) is 43.1 Å². The Bertz CT molecular complexity index is 1420. The Hall–Kier alpha value is -4.75. The minimum atomic E-state index is -0.453. The van der Waals surface area contributed by atoms with Crippen LogP contribution >= 0.6 is 0 Å². The van der Waals surface area contributed by atoms with Crippen molar-refractivity contribution in [1.82, 2.24) is 20.6 Å². The molecule has 13 nitrogen and oxygen atoms in total. The van der Waals surface area contributed by atoms with E-state index in [0.29, 0.717) is 62.0 Å². The average Bonchev–Trinajstić information content (AvgIpc) is 3.35. The number of rotatable bonds is 10. The number of hydrogen-bond acceptors (Lipinski definition) is 10. The second-order valence-corrected chi connectivity index (χ2v) is 9.85. The van der Waals surface area contributed by atoms with Gasteiger partial charge in [-0.2, -0.15) is 0 Å². The first kappa shape index (κ1) is 28.8. The normalized spacial score (nSPS) is 18.8. The molecule has 1 aromatic carbocycles. The number of benzene rings is 1. The van der Waals surface area contributed by atoms with Crippen LogP contribution in [0, 0.1) is 0 Å². The SMILES string of the molecule is O=C1COc2ccc(N3C[C@H](CCNCc4cccc(-c5cccc(OC[C@@H]6CCN6)n5)c4)OC3=O)nc2N1.O=CO. The van der Waals surface area contributed by atoms with E-state index in [1.165, 1.54) is 4.90 Å². The lowest BCUT2D eigenvalue weighted by Gasteiger charge is -2.27. The van der Waals surface area contributed by atoms with Crippen molar-refractivity contribution in [1.29, 1.82) is 0 Å². The van der Waals surface area contributed by atoms with Gasteiger partial charge in [-0.25, -0.2) is 14.8 Å². The van der Waals surface area contributed by atoms with Crippen molar-refractivity contribution >= 4 is 30.1 Å². The third-order valence-corrected chi connectivity index (χ3v) is 6.89. The molecule has 42 heavy (non-hydrogen) atoms. The monoisotopic (exact) mass is 576 g/mol. The lowest BCUT2D eigenvalue weighted by molar-refractivity contribution is -0.123. The molecule has 0 bridgehead atoms. The molecule has 3 aliphatic rings. The van der Waals surface area contributed by atoms with Crippen LogP contribution in [0.15, 0.2) is 54.6 Å². The summed E-state index contributed by atoms with van der Waals surface area (Å²) >= 11 is 0. The molecule has 3 aromatic rings. The molecule has 0 saturated carbocycles. The van der Waals surface area contributed by atoms with E-state index in [-0.39, 0.29) is 25.1 Å². The second kappa shape index (κ2) is 13.7. The Labute approximate surface area is 242 Å². The minimum absolute atomic E-state index is 0.0450. The Morgan fingerprint density at radius 1 is 1.14 bits per heavy atom. The van der Waals surface area contributed by atoms with E-state index in [2.05, 4.69) is 38.1 Å². The van der Waals surface area contributed by atoms with E-state index in [1.807, 2.05) is 30.3 Å². The summed E-state index contributed by atoms with van der Waals surface area (Å²) in [4.78, 5) is 42.9. The number of hydrogen-bond donors (Lipinski definition) is 4. The number of nitrogens with zero attached hydrogens (tertiary/aromatic N) is 3. The van der Waals surface area contributed by atoms with Gasteiger partial charge in [0.05, 0.1) is 12.2 Å². The molecular formula is C29H32N6O7. The molecule has 2 fully saturated rings. The minimum Gasteiger partial charge on any atom is -0.483 e. The summed E-state index contributed by atoms with van der Waals surface area (Å²) in [6.45, 7) is 3.12. The van der Waals surface area contributed by atoms with E-state index < -0.39 is 6.09 Å². The van der Waals surface area contributed by atoms with Crippen LogP contribution in [-0.4, -0.2) is 78.5 Å². The van der Waals surface area contributed by atoms with Gasteiger partial charge in [-0.15, -0.1) is 0 Å². The first-order valence-corrected chi connectivity index (χ1v) is 13.7. The lowest BCUT2D eigenvalue weighted by Crippen LogP contribution is -2.46. The van der Waals surface area contributed by atoms with E-state index in [9.17, 15) is 9.59 Å². The van der Waals surface area contributed by atoms with Crippen LogP contribution in [0.5, 0.6) is 11.6 Å². The Morgan fingerprint density at radius 3 is 2.79 bits per heavy atom. The number of aromatic nitrogens is 2. The Kier molecular flexibility index (Phi) is 9.41. The summed E-state index contributed by atoms with van der Waals surface area (Å²) in [6.07, 6.45) is 1.08. The summed E-state index contributed by atoms with van der Waals surface area (Å²) < 4.78 is 16.7. The van der Waals surface area contributed by atoms with Gasteiger partial charge in [0.25, 0.3) is 12.4 Å². The second-order valence-electron chi connectivity index (χ2n) is 9.85. The summed E-state index contributed by atoms with van der Waals surface area (Å²) in [6, 6.07) is 17.9. The fourth-order valence-corrected chi connectivity index (χ4v) is 4.63. The quantitative estimate of drug-likeness (QED) is 0.207. The van der Waals surface area contributed by atoms with Gasteiger partial charge in [-0.3, -0.25) is 14.5 Å². The number of anilines is 2.